The highest BCUT2D eigenvalue weighted by Crippen LogP contribution is 2.48. The van der Waals surface area contributed by atoms with E-state index < -0.39 is 0 Å². The Bertz CT molecular complexity index is 808. The predicted octanol–water partition coefficient (Wildman–Crippen LogP) is 5.18. The van der Waals surface area contributed by atoms with E-state index in [1.165, 1.54) is 16.9 Å². The maximum absolute atomic E-state index is 9.62. The number of anilines is 1. The highest BCUT2D eigenvalue weighted by Gasteiger charge is 2.46. The van der Waals surface area contributed by atoms with Gasteiger partial charge >= 0.3 is 0 Å². The van der Waals surface area contributed by atoms with Gasteiger partial charge in [-0.25, -0.2) is 0 Å². The van der Waals surface area contributed by atoms with Crippen LogP contribution in [0.15, 0.2) is 71.9 Å². The first kappa shape index (κ1) is 15.9. The van der Waals surface area contributed by atoms with Gasteiger partial charge in [-0.1, -0.05) is 67.5 Å². The second kappa shape index (κ2) is 6.07. The molecule has 2 atom stereocenters. The number of hydrogen-bond donors (Lipinski definition) is 1. The first-order chi connectivity index (χ1) is 12.1. The Labute approximate surface area is 149 Å². The Kier molecular flexibility index (Phi) is 3.87. The summed E-state index contributed by atoms with van der Waals surface area (Å²) < 4.78 is 0. The standard InChI is InChI=1S/C22H24N2O/c1-22(2)14-19(23-25)18-13-20(16-9-5-3-6-10-16)24(21(18)15-22)17-11-7-4-8-12-17/h3-13,18,21,25H,14-15H2,1-2H3/b23-19-/t18-,21+/m1/s1. The highest BCUT2D eigenvalue weighted by molar-refractivity contribution is 5.96. The summed E-state index contributed by atoms with van der Waals surface area (Å²) in [6.07, 6.45) is 4.20. The molecule has 2 aliphatic rings. The van der Waals surface area contributed by atoms with Crippen molar-refractivity contribution in [1.29, 1.82) is 0 Å². The molecule has 1 aliphatic heterocycles. The van der Waals surface area contributed by atoms with Gasteiger partial charge in [0.2, 0.25) is 0 Å². The maximum atomic E-state index is 9.62. The van der Waals surface area contributed by atoms with Crippen molar-refractivity contribution in [3.63, 3.8) is 0 Å². The van der Waals surface area contributed by atoms with Crippen LogP contribution in [-0.2, 0) is 0 Å². The zero-order chi connectivity index (χ0) is 17.4. The molecule has 0 saturated heterocycles. The number of oxime groups is 1. The Hall–Kier alpha value is -2.55. The fraction of sp³-hybridized carbons (Fsp3) is 0.318. The first-order valence-corrected chi connectivity index (χ1v) is 8.91. The van der Waals surface area contributed by atoms with Crippen molar-refractivity contribution in [2.75, 3.05) is 4.90 Å². The SMILES string of the molecule is CC1(C)C/C(=N/O)[C@H]2C=C(c3ccccc3)N(c3ccccc3)[C@H]2C1. The number of rotatable bonds is 2. The van der Waals surface area contributed by atoms with Crippen molar-refractivity contribution >= 4 is 17.1 Å². The fourth-order valence-electron chi connectivity index (χ4n) is 4.35. The number of fused-ring (bicyclic) bond motifs is 1. The molecule has 0 amide bonds. The summed E-state index contributed by atoms with van der Waals surface area (Å²) in [6, 6.07) is 21.3. The molecule has 4 rings (SSSR count). The molecule has 2 aromatic rings. The molecule has 3 heteroatoms. The van der Waals surface area contributed by atoms with E-state index >= 15 is 0 Å². The minimum absolute atomic E-state index is 0.121. The molecule has 25 heavy (non-hydrogen) atoms. The summed E-state index contributed by atoms with van der Waals surface area (Å²) in [5, 5.41) is 13.3. The second-order valence-corrected chi connectivity index (χ2v) is 7.85. The van der Waals surface area contributed by atoms with Gasteiger partial charge in [-0.15, -0.1) is 0 Å². The third-order valence-electron chi connectivity index (χ3n) is 5.38. The Morgan fingerprint density at radius 3 is 2.28 bits per heavy atom. The molecule has 0 bridgehead atoms. The van der Waals surface area contributed by atoms with Crippen LogP contribution in [0.25, 0.3) is 5.70 Å². The van der Waals surface area contributed by atoms with Crippen LogP contribution in [0.2, 0.25) is 0 Å². The molecule has 1 N–H and O–H groups in total. The molecule has 1 saturated carbocycles. The Balaban J connectivity index is 1.84. The molecule has 2 aromatic carbocycles. The van der Waals surface area contributed by atoms with E-state index in [1.807, 2.05) is 12.1 Å². The quantitative estimate of drug-likeness (QED) is 0.607. The van der Waals surface area contributed by atoms with Gasteiger partial charge in [0.1, 0.15) is 0 Å². The number of nitrogens with zero attached hydrogens (tertiary/aromatic N) is 2. The fourth-order valence-corrected chi connectivity index (χ4v) is 4.35. The van der Waals surface area contributed by atoms with E-state index in [9.17, 15) is 5.21 Å². The van der Waals surface area contributed by atoms with E-state index in [4.69, 9.17) is 0 Å². The van der Waals surface area contributed by atoms with Gasteiger partial charge in [0.25, 0.3) is 0 Å². The molecule has 0 aromatic heterocycles. The van der Waals surface area contributed by atoms with Crippen molar-refractivity contribution in [2.45, 2.75) is 32.7 Å². The summed E-state index contributed by atoms with van der Waals surface area (Å²) >= 11 is 0. The lowest BCUT2D eigenvalue weighted by molar-refractivity contribution is 0.258. The molecule has 0 spiro atoms. The molecule has 3 nitrogen and oxygen atoms in total. The van der Waals surface area contributed by atoms with Crippen LogP contribution in [-0.4, -0.2) is 17.0 Å². The Morgan fingerprint density at radius 1 is 1.00 bits per heavy atom. The number of hydrogen-bond acceptors (Lipinski definition) is 3. The van der Waals surface area contributed by atoms with Gasteiger partial charge < -0.3 is 10.1 Å². The minimum atomic E-state index is 0.121. The number of benzene rings is 2. The normalized spacial score (nSPS) is 26.4. The van der Waals surface area contributed by atoms with E-state index in [0.717, 1.165) is 18.6 Å². The van der Waals surface area contributed by atoms with Gasteiger partial charge in [0.05, 0.1) is 5.71 Å². The van der Waals surface area contributed by atoms with Gasteiger partial charge in [-0.2, -0.15) is 0 Å². The lowest BCUT2D eigenvalue weighted by atomic mass is 9.69. The van der Waals surface area contributed by atoms with Crippen molar-refractivity contribution in [3.8, 4) is 0 Å². The van der Waals surface area contributed by atoms with Crippen LogP contribution in [0.3, 0.4) is 0 Å². The molecule has 0 radical (unpaired) electrons. The van der Waals surface area contributed by atoms with Crippen molar-refractivity contribution in [1.82, 2.24) is 0 Å². The zero-order valence-corrected chi connectivity index (χ0v) is 14.8. The van der Waals surface area contributed by atoms with Crippen molar-refractivity contribution in [3.05, 3.63) is 72.3 Å². The monoisotopic (exact) mass is 332 g/mol. The maximum Gasteiger partial charge on any atom is 0.0666 e. The summed E-state index contributed by atoms with van der Waals surface area (Å²) in [7, 11) is 0. The summed E-state index contributed by atoms with van der Waals surface area (Å²) in [4.78, 5) is 2.44. The van der Waals surface area contributed by atoms with Crippen LogP contribution < -0.4 is 4.90 Å². The minimum Gasteiger partial charge on any atom is -0.411 e. The molecule has 128 valence electrons. The largest absolute Gasteiger partial charge is 0.411 e. The van der Waals surface area contributed by atoms with Crippen molar-refractivity contribution < 1.29 is 5.21 Å². The average molecular weight is 332 g/mol. The van der Waals surface area contributed by atoms with Gasteiger partial charge in [0, 0.05) is 23.3 Å². The molecular weight excluding hydrogens is 308 g/mol. The smallest absolute Gasteiger partial charge is 0.0666 e. The molecule has 1 heterocycles. The lowest BCUT2D eigenvalue weighted by Gasteiger charge is -2.42. The van der Waals surface area contributed by atoms with Crippen LogP contribution in [0.5, 0.6) is 0 Å². The molecule has 1 fully saturated rings. The number of para-hydroxylation sites is 1. The molecule has 1 aliphatic carbocycles. The van der Waals surface area contributed by atoms with Gasteiger partial charge in [-0.05, 0) is 42.0 Å². The molecular formula is C22H24N2O. The topological polar surface area (TPSA) is 35.8 Å². The molecule has 0 unspecified atom stereocenters. The van der Waals surface area contributed by atoms with E-state index in [0.29, 0.717) is 0 Å². The lowest BCUT2D eigenvalue weighted by Crippen LogP contribution is -2.45. The second-order valence-electron chi connectivity index (χ2n) is 7.85. The average Bonchev–Trinajstić information content (AvgIpc) is 3.00. The summed E-state index contributed by atoms with van der Waals surface area (Å²) in [5.41, 5.74) is 4.63. The van der Waals surface area contributed by atoms with Gasteiger partial charge in [0.15, 0.2) is 0 Å². The van der Waals surface area contributed by atoms with Crippen LogP contribution >= 0.6 is 0 Å². The predicted molar refractivity (Wildman–Crippen MR) is 103 cm³/mol. The van der Waals surface area contributed by atoms with E-state index in [-0.39, 0.29) is 17.4 Å². The van der Waals surface area contributed by atoms with E-state index in [1.54, 1.807) is 0 Å². The summed E-state index contributed by atoms with van der Waals surface area (Å²) in [6.45, 7) is 4.52. The Morgan fingerprint density at radius 2 is 1.64 bits per heavy atom. The first-order valence-electron chi connectivity index (χ1n) is 8.91. The van der Waals surface area contributed by atoms with Crippen molar-refractivity contribution in [2.24, 2.45) is 16.5 Å². The van der Waals surface area contributed by atoms with Gasteiger partial charge in [-0.3, -0.25) is 0 Å². The van der Waals surface area contributed by atoms with Crippen LogP contribution in [0, 0.1) is 11.3 Å². The third kappa shape index (κ3) is 2.84. The summed E-state index contributed by atoms with van der Waals surface area (Å²) in [5.74, 6) is 0.161. The highest BCUT2D eigenvalue weighted by atomic mass is 16.4. The third-order valence-corrected chi connectivity index (χ3v) is 5.38. The zero-order valence-electron chi connectivity index (χ0n) is 14.8. The van der Waals surface area contributed by atoms with E-state index in [2.05, 4.69) is 78.5 Å². The van der Waals surface area contributed by atoms with Crippen LogP contribution in [0.4, 0.5) is 5.69 Å². The van der Waals surface area contributed by atoms with Crippen LogP contribution in [0.1, 0.15) is 32.3 Å².